The first kappa shape index (κ1) is 34.4. The molecule has 0 aromatic rings. The first-order chi connectivity index (χ1) is 17.5. The van der Waals surface area contributed by atoms with Crippen LogP contribution in [0.25, 0.3) is 0 Å². The van der Waals surface area contributed by atoms with Crippen LogP contribution in [0.1, 0.15) is 162 Å². The smallest absolute Gasteiger partial charge is 0.303 e. The predicted molar refractivity (Wildman–Crippen MR) is 150 cm³/mol. The van der Waals surface area contributed by atoms with Crippen molar-refractivity contribution in [2.75, 3.05) is 6.54 Å². The molecule has 0 saturated heterocycles. The first-order valence-corrected chi connectivity index (χ1v) is 15.3. The Bertz CT molecular complexity index is 539. The molecule has 0 spiro atoms. The van der Waals surface area contributed by atoms with E-state index in [1.165, 1.54) is 89.9 Å². The largest absolute Gasteiger partial charge is 0.481 e. The molecule has 0 aliphatic carbocycles. The lowest BCUT2D eigenvalue weighted by Gasteiger charge is -2.18. The van der Waals surface area contributed by atoms with Crippen LogP contribution >= 0.6 is 0 Å². The normalized spacial score (nSPS) is 11.8. The second kappa shape index (κ2) is 26.5. The summed E-state index contributed by atoms with van der Waals surface area (Å²) in [7, 11) is 0. The molecule has 6 heteroatoms. The summed E-state index contributed by atoms with van der Waals surface area (Å²) in [5.41, 5.74) is 0. The van der Waals surface area contributed by atoms with E-state index in [9.17, 15) is 14.4 Å². The molecule has 0 saturated carbocycles. The van der Waals surface area contributed by atoms with Crippen molar-refractivity contribution in [1.82, 2.24) is 10.6 Å². The Hall–Kier alpha value is -1.59. The molecular formula is C30H58N2O4. The minimum atomic E-state index is -0.955. The molecule has 36 heavy (non-hydrogen) atoms. The standard InChI is InChI=1S/C30H58N2O4/c1-3-5-7-9-10-11-12-13-14-15-16-17-18-19-21-23-28(33)32-27(24-25-29(34)35)30(36)31-26-22-20-8-6-4-2/h27H,3-26H2,1-2H3,(H,31,36)(H,32,33)(H,34,35)/t27-/m0/s1. The number of carboxylic acids is 1. The fourth-order valence-corrected chi connectivity index (χ4v) is 4.52. The third-order valence-corrected chi connectivity index (χ3v) is 6.89. The molecule has 0 fully saturated rings. The molecule has 3 N–H and O–H groups in total. The number of hydrogen-bond acceptors (Lipinski definition) is 3. The maximum atomic E-state index is 12.5. The molecule has 0 heterocycles. The minimum Gasteiger partial charge on any atom is -0.481 e. The number of unbranched alkanes of at least 4 members (excludes halogenated alkanes) is 18. The molecular weight excluding hydrogens is 452 g/mol. The summed E-state index contributed by atoms with van der Waals surface area (Å²) in [6.45, 7) is 5.00. The van der Waals surface area contributed by atoms with E-state index in [1.807, 2.05) is 0 Å². The fraction of sp³-hybridized carbons (Fsp3) is 0.900. The number of amides is 2. The van der Waals surface area contributed by atoms with Gasteiger partial charge in [-0.1, -0.05) is 129 Å². The average molecular weight is 511 g/mol. The van der Waals surface area contributed by atoms with Crippen LogP contribution in [-0.4, -0.2) is 35.5 Å². The highest BCUT2D eigenvalue weighted by molar-refractivity contribution is 5.87. The quantitative estimate of drug-likeness (QED) is 0.0987. The van der Waals surface area contributed by atoms with Crippen molar-refractivity contribution in [2.24, 2.45) is 0 Å². The van der Waals surface area contributed by atoms with E-state index >= 15 is 0 Å². The van der Waals surface area contributed by atoms with Gasteiger partial charge in [-0.2, -0.15) is 0 Å². The summed E-state index contributed by atoms with van der Waals surface area (Å²) in [5, 5.41) is 14.6. The topological polar surface area (TPSA) is 95.5 Å². The SMILES string of the molecule is CCCCCCCCCCCCCCCCCC(=O)N[C@@H](CCC(=O)O)C(=O)NCCCCCCC. The number of rotatable bonds is 27. The number of aliphatic carboxylic acids is 1. The van der Waals surface area contributed by atoms with Crippen LogP contribution in [0.4, 0.5) is 0 Å². The van der Waals surface area contributed by atoms with E-state index in [4.69, 9.17) is 5.11 Å². The number of carboxylic acid groups (broad SMARTS) is 1. The summed E-state index contributed by atoms with van der Waals surface area (Å²) >= 11 is 0. The lowest BCUT2D eigenvalue weighted by Crippen LogP contribution is -2.47. The van der Waals surface area contributed by atoms with Crippen molar-refractivity contribution in [3.63, 3.8) is 0 Å². The van der Waals surface area contributed by atoms with Crippen molar-refractivity contribution in [3.8, 4) is 0 Å². The molecule has 0 radical (unpaired) electrons. The molecule has 0 unspecified atom stereocenters. The molecule has 0 aromatic carbocycles. The zero-order valence-electron chi connectivity index (χ0n) is 23.7. The van der Waals surface area contributed by atoms with E-state index in [-0.39, 0.29) is 24.7 Å². The Morgan fingerprint density at radius 1 is 0.583 bits per heavy atom. The molecule has 0 rings (SSSR count). The van der Waals surface area contributed by atoms with Crippen LogP contribution in [-0.2, 0) is 14.4 Å². The van der Waals surface area contributed by atoms with Crippen LogP contribution in [0, 0.1) is 0 Å². The third-order valence-electron chi connectivity index (χ3n) is 6.89. The highest BCUT2D eigenvalue weighted by Gasteiger charge is 2.21. The average Bonchev–Trinajstić information content (AvgIpc) is 2.86. The molecule has 212 valence electrons. The number of carbonyl (C=O) groups excluding carboxylic acids is 2. The highest BCUT2D eigenvalue weighted by atomic mass is 16.4. The van der Waals surface area contributed by atoms with Gasteiger partial charge in [-0.3, -0.25) is 14.4 Å². The van der Waals surface area contributed by atoms with Crippen molar-refractivity contribution in [3.05, 3.63) is 0 Å². The molecule has 0 aromatic heterocycles. The van der Waals surface area contributed by atoms with Gasteiger partial charge in [0.05, 0.1) is 0 Å². The first-order valence-electron chi connectivity index (χ1n) is 15.3. The van der Waals surface area contributed by atoms with Gasteiger partial charge in [-0.05, 0) is 19.3 Å². The van der Waals surface area contributed by atoms with Gasteiger partial charge in [0, 0.05) is 19.4 Å². The summed E-state index contributed by atoms with van der Waals surface area (Å²) in [6.07, 6.45) is 25.1. The maximum absolute atomic E-state index is 12.5. The van der Waals surface area contributed by atoms with Crippen LogP contribution < -0.4 is 10.6 Å². The van der Waals surface area contributed by atoms with Crippen molar-refractivity contribution in [1.29, 1.82) is 0 Å². The van der Waals surface area contributed by atoms with Crippen LogP contribution in [0.3, 0.4) is 0 Å². The molecule has 0 aliphatic heterocycles. The van der Waals surface area contributed by atoms with E-state index in [1.54, 1.807) is 0 Å². The summed E-state index contributed by atoms with van der Waals surface area (Å²) in [6, 6.07) is -0.763. The summed E-state index contributed by atoms with van der Waals surface area (Å²) < 4.78 is 0. The molecule has 0 aliphatic rings. The zero-order chi connectivity index (χ0) is 26.7. The second-order valence-electron chi connectivity index (χ2n) is 10.5. The Kier molecular flexibility index (Phi) is 25.3. The fourth-order valence-electron chi connectivity index (χ4n) is 4.52. The summed E-state index contributed by atoms with van der Waals surface area (Å²) in [4.78, 5) is 35.8. The van der Waals surface area contributed by atoms with E-state index in [2.05, 4.69) is 24.5 Å². The van der Waals surface area contributed by atoms with Crippen LogP contribution in [0.2, 0.25) is 0 Å². The van der Waals surface area contributed by atoms with E-state index < -0.39 is 12.0 Å². The molecule has 2 amide bonds. The zero-order valence-corrected chi connectivity index (χ0v) is 23.7. The Morgan fingerprint density at radius 3 is 1.44 bits per heavy atom. The predicted octanol–water partition coefficient (Wildman–Crippen LogP) is 7.68. The number of nitrogens with one attached hydrogen (secondary N) is 2. The Labute approximate surface area is 222 Å². The third kappa shape index (κ3) is 24.1. The minimum absolute atomic E-state index is 0.127. The molecule has 6 nitrogen and oxygen atoms in total. The van der Waals surface area contributed by atoms with Gasteiger partial charge in [-0.25, -0.2) is 0 Å². The van der Waals surface area contributed by atoms with E-state index in [0.29, 0.717) is 13.0 Å². The molecule has 0 bridgehead atoms. The van der Waals surface area contributed by atoms with Gasteiger partial charge in [0.2, 0.25) is 11.8 Å². The monoisotopic (exact) mass is 510 g/mol. The van der Waals surface area contributed by atoms with Gasteiger partial charge in [-0.15, -0.1) is 0 Å². The van der Waals surface area contributed by atoms with Crippen LogP contribution in [0.5, 0.6) is 0 Å². The lowest BCUT2D eigenvalue weighted by atomic mass is 10.0. The van der Waals surface area contributed by atoms with Crippen molar-refractivity contribution in [2.45, 2.75) is 168 Å². The Balaban J connectivity index is 3.83. The lowest BCUT2D eigenvalue weighted by molar-refractivity contribution is -0.138. The van der Waals surface area contributed by atoms with Crippen LogP contribution in [0.15, 0.2) is 0 Å². The van der Waals surface area contributed by atoms with Crippen molar-refractivity contribution >= 4 is 17.8 Å². The molecule has 1 atom stereocenters. The Morgan fingerprint density at radius 2 is 1.00 bits per heavy atom. The van der Waals surface area contributed by atoms with Crippen molar-refractivity contribution < 1.29 is 19.5 Å². The highest BCUT2D eigenvalue weighted by Crippen LogP contribution is 2.14. The van der Waals surface area contributed by atoms with Gasteiger partial charge in [0.15, 0.2) is 0 Å². The second-order valence-corrected chi connectivity index (χ2v) is 10.5. The van der Waals surface area contributed by atoms with Gasteiger partial charge in [0.25, 0.3) is 0 Å². The van der Waals surface area contributed by atoms with Gasteiger partial charge < -0.3 is 15.7 Å². The van der Waals surface area contributed by atoms with Gasteiger partial charge in [0.1, 0.15) is 6.04 Å². The number of carbonyl (C=O) groups is 3. The van der Waals surface area contributed by atoms with Gasteiger partial charge >= 0.3 is 5.97 Å². The summed E-state index contributed by atoms with van der Waals surface area (Å²) in [5.74, 6) is -1.38. The number of hydrogen-bond donors (Lipinski definition) is 3. The van der Waals surface area contributed by atoms with E-state index in [0.717, 1.165) is 38.5 Å². The maximum Gasteiger partial charge on any atom is 0.303 e.